The molecular formula is C20H28O3. The van der Waals surface area contributed by atoms with Gasteiger partial charge in [-0.3, -0.25) is 4.79 Å². The van der Waals surface area contributed by atoms with E-state index < -0.39 is 6.10 Å². The standard InChI is InChI=1S/C20H28O3/c1-11-9-19(2)12(8-15(11)21)4-5-13-14-6-7-17(23)20(14,3)10-16(22)18(13)19/h8-9,13-14,16-18,22-23H,4-7,10H2,1-3H3/t13-,14-,16-,17-,18+,19-,20-/m0/s1. The molecule has 3 fully saturated rings. The van der Waals surface area contributed by atoms with Gasteiger partial charge in [0.25, 0.3) is 0 Å². The molecule has 0 aromatic carbocycles. The van der Waals surface area contributed by atoms with Crippen molar-refractivity contribution in [1.82, 2.24) is 0 Å². The zero-order chi connectivity index (χ0) is 16.6. The number of ketones is 1. The van der Waals surface area contributed by atoms with Crippen LogP contribution in [0.1, 0.15) is 52.9 Å². The van der Waals surface area contributed by atoms with E-state index in [4.69, 9.17) is 0 Å². The Morgan fingerprint density at radius 1 is 1.17 bits per heavy atom. The third kappa shape index (κ3) is 1.93. The van der Waals surface area contributed by atoms with E-state index in [9.17, 15) is 15.0 Å². The van der Waals surface area contributed by atoms with Crippen LogP contribution in [0.3, 0.4) is 0 Å². The zero-order valence-electron chi connectivity index (χ0n) is 14.4. The van der Waals surface area contributed by atoms with E-state index in [1.54, 1.807) is 0 Å². The number of hydrogen-bond acceptors (Lipinski definition) is 3. The van der Waals surface area contributed by atoms with Crippen LogP contribution in [0.2, 0.25) is 0 Å². The summed E-state index contributed by atoms with van der Waals surface area (Å²) in [7, 11) is 0. The molecule has 126 valence electrons. The molecule has 7 atom stereocenters. The van der Waals surface area contributed by atoms with Gasteiger partial charge in [-0.2, -0.15) is 0 Å². The summed E-state index contributed by atoms with van der Waals surface area (Å²) in [6.07, 6.45) is 7.88. The maximum absolute atomic E-state index is 12.1. The molecular weight excluding hydrogens is 288 g/mol. The summed E-state index contributed by atoms with van der Waals surface area (Å²) in [6.45, 7) is 6.28. The van der Waals surface area contributed by atoms with Crippen molar-refractivity contribution in [2.75, 3.05) is 0 Å². The number of rotatable bonds is 0. The SMILES string of the molecule is CC1=C[C@@]2(C)C(=CC1=O)CC[C@@H]1[C@@H]2[C@@H](O)C[C@]2(C)[C@@H](O)CC[C@@H]12. The molecule has 2 N–H and O–H groups in total. The van der Waals surface area contributed by atoms with Gasteiger partial charge in [0.1, 0.15) is 0 Å². The van der Waals surface area contributed by atoms with Crippen LogP contribution in [-0.4, -0.2) is 28.2 Å². The molecule has 0 bridgehead atoms. The number of hydrogen-bond donors (Lipinski definition) is 2. The summed E-state index contributed by atoms with van der Waals surface area (Å²) in [6, 6.07) is 0. The molecule has 4 aliphatic rings. The highest BCUT2D eigenvalue weighted by Gasteiger charge is 2.61. The summed E-state index contributed by atoms with van der Waals surface area (Å²) in [5.41, 5.74) is 1.68. The molecule has 0 saturated heterocycles. The fourth-order valence-corrected chi connectivity index (χ4v) is 6.59. The molecule has 23 heavy (non-hydrogen) atoms. The minimum atomic E-state index is -0.403. The second-order valence-electron chi connectivity index (χ2n) is 8.85. The Morgan fingerprint density at radius 3 is 2.65 bits per heavy atom. The maximum Gasteiger partial charge on any atom is 0.181 e. The van der Waals surface area contributed by atoms with Crippen molar-refractivity contribution >= 4 is 5.78 Å². The van der Waals surface area contributed by atoms with E-state index >= 15 is 0 Å². The minimum Gasteiger partial charge on any atom is -0.393 e. The van der Waals surface area contributed by atoms with Crippen LogP contribution in [0.15, 0.2) is 23.3 Å². The molecule has 0 aromatic heterocycles. The van der Waals surface area contributed by atoms with E-state index in [1.165, 1.54) is 5.57 Å². The lowest BCUT2D eigenvalue weighted by Crippen LogP contribution is -2.56. The number of fused-ring (bicyclic) bond motifs is 5. The van der Waals surface area contributed by atoms with Gasteiger partial charge >= 0.3 is 0 Å². The monoisotopic (exact) mass is 316 g/mol. The molecule has 0 radical (unpaired) electrons. The highest BCUT2D eigenvalue weighted by molar-refractivity contribution is 6.05. The van der Waals surface area contributed by atoms with Gasteiger partial charge in [-0.15, -0.1) is 0 Å². The van der Waals surface area contributed by atoms with Crippen LogP contribution < -0.4 is 0 Å². The molecule has 4 rings (SSSR count). The number of allylic oxidation sites excluding steroid dienone is 4. The quantitative estimate of drug-likeness (QED) is 0.722. The molecule has 0 amide bonds. The van der Waals surface area contributed by atoms with E-state index in [1.807, 2.05) is 13.0 Å². The van der Waals surface area contributed by atoms with Crippen molar-refractivity contribution in [3.63, 3.8) is 0 Å². The first-order valence-corrected chi connectivity index (χ1v) is 9.08. The van der Waals surface area contributed by atoms with Gasteiger partial charge in [0, 0.05) is 11.3 Å². The van der Waals surface area contributed by atoms with Crippen molar-refractivity contribution in [2.24, 2.45) is 28.6 Å². The molecule has 0 heterocycles. The highest BCUT2D eigenvalue weighted by atomic mass is 16.3. The zero-order valence-corrected chi connectivity index (χ0v) is 14.4. The largest absolute Gasteiger partial charge is 0.393 e. The number of carbonyl (C=O) groups is 1. The predicted molar refractivity (Wildman–Crippen MR) is 88.6 cm³/mol. The van der Waals surface area contributed by atoms with Gasteiger partial charge in [-0.1, -0.05) is 25.5 Å². The Balaban J connectivity index is 1.77. The molecule has 3 nitrogen and oxygen atoms in total. The van der Waals surface area contributed by atoms with Crippen molar-refractivity contribution in [2.45, 2.75) is 65.1 Å². The van der Waals surface area contributed by atoms with E-state index in [0.717, 1.165) is 31.3 Å². The van der Waals surface area contributed by atoms with Gasteiger partial charge in [-0.05, 0) is 67.9 Å². The van der Waals surface area contributed by atoms with Gasteiger partial charge in [0.2, 0.25) is 0 Å². The van der Waals surface area contributed by atoms with Gasteiger partial charge in [0.05, 0.1) is 12.2 Å². The van der Waals surface area contributed by atoms with E-state index in [2.05, 4.69) is 19.9 Å². The Kier molecular flexibility index (Phi) is 3.25. The molecule has 4 aliphatic carbocycles. The fraction of sp³-hybridized carbons (Fsp3) is 0.750. The first-order chi connectivity index (χ1) is 10.8. The second-order valence-corrected chi connectivity index (χ2v) is 8.85. The minimum absolute atomic E-state index is 0.127. The van der Waals surface area contributed by atoms with Crippen LogP contribution >= 0.6 is 0 Å². The molecule has 0 aliphatic heterocycles. The summed E-state index contributed by atoms with van der Waals surface area (Å²) in [5, 5.41) is 21.5. The summed E-state index contributed by atoms with van der Waals surface area (Å²) >= 11 is 0. The summed E-state index contributed by atoms with van der Waals surface area (Å²) in [5.74, 6) is 1.24. The smallest absolute Gasteiger partial charge is 0.181 e. The first kappa shape index (κ1) is 15.6. The molecule has 0 unspecified atom stereocenters. The molecule has 0 spiro atoms. The van der Waals surface area contributed by atoms with Crippen molar-refractivity contribution in [3.8, 4) is 0 Å². The third-order valence-electron chi connectivity index (χ3n) is 7.74. The maximum atomic E-state index is 12.1. The average Bonchev–Trinajstić information content (AvgIpc) is 2.76. The van der Waals surface area contributed by atoms with Crippen molar-refractivity contribution in [1.29, 1.82) is 0 Å². The van der Waals surface area contributed by atoms with Crippen LogP contribution in [0.5, 0.6) is 0 Å². The van der Waals surface area contributed by atoms with Crippen LogP contribution in [0.4, 0.5) is 0 Å². The Labute approximate surface area is 138 Å². The van der Waals surface area contributed by atoms with Crippen LogP contribution in [0.25, 0.3) is 0 Å². The number of aliphatic hydroxyl groups excluding tert-OH is 2. The summed E-state index contributed by atoms with van der Waals surface area (Å²) in [4.78, 5) is 12.1. The van der Waals surface area contributed by atoms with Crippen molar-refractivity contribution in [3.05, 3.63) is 23.3 Å². The van der Waals surface area contributed by atoms with Gasteiger partial charge in [-0.25, -0.2) is 0 Å². The van der Waals surface area contributed by atoms with Crippen LogP contribution in [0, 0.1) is 28.6 Å². The molecule has 3 heteroatoms. The molecule has 3 saturated carbocycles. The van der Waals surface area contributed by atoms with Gasteiger partial charge in [0.15, 0.2) is 5.78 Å². The second kappa shape index (κ2) is 4.80. The normalized spacial score (nSPS) is 52.2. The Hall–Kier alpha value is -0.930. The van der Waals surface area contributed by atoms with E-state index in [-0.39, 0.29) is 28.6 Å². The third-order valence-corrected chi connectivity index (χ3v) is 7.74. The fourth-order valence-electron chi connectivity index (χ4n) is 6.59. The average molecular weight is 316 g/mol. The number of aliphatic hydroxyl groups is 2. The highest BCUT2D eigenvalue weighted by Crippen LogP contribution is 2.64. The number of carbonyl (C=O) groups excluding carboxylic acids is 1. The lowest BCUT2D eigenvalue weighted by atomic mass is 9.47. The molecule has 0 aromatic rings. The lowest BCUT2D eigenvalue weighted by Gasteiger charge is -2.58. The van der Waals surface area contributed by atoms with Crippen molar-refractivity contribution < 1.29 is 15.0 Å². The Morgan fingerprint density at radius 2 is 1.91 bits per heavy atom. The van der Waals surface area contributed by atoms with E-state index in [0.29, 0.717) is 18.3 Å². The van der Waals surface area contributed by atoms with Gasteiger partial charge < -0.3 is 10.2 Å². The first-order valence-electron chi connectivity index (χ1n) is 9.08. The predicted octanol–water partition coefficient (Wildman–Crippen LogP) is 3.02. The lowest BCUT2D eigenvalue weighted by molar-refractivity contribution is -0.129. The Bertz CT molecular complexity index is 618. The summed E-state index contributed by atoms with van der Waals surface area (Å²) < 4.78 is 0. The van der Waals surface area contributed by atoms with Crippen LogP contribution in [-0.2, 0) is 4.79 Å². The topological polar surface area (TPSA) is 57.5 Å².